The van der Waals surface area contributed by atoms with Crippen molar-refractivity contribution in [3.05, 3.63) is 29.3 Å². The molecule has 1 unspecified atom stereocenters. The molecule has 0 amide bonds. The van der Waals surface area contributed by atoms with Crippen LogP contribution in [0.25, 0.3) is 0 Å². The molecule has 0 spiro atoms. The van der Waals surface area contributed by atoms with Crippen LogP contribution in [0.4, 0.5) is 0 Å². The van der Waals surface area contributed by atoms with Gasteiger partial charge in [-0.2, -0.15) is 0 Å². The van der Waals surface area contributed by atoms with E-state index in [9.17, 15) is 9.90 Å². The summed E-state index contributed by atoms with van der Waals surface area (Å²) in [7, 11) is 2.83. The van der Waals surface area contributed by atoms with Crippen LogP contribution in [0.1, 0.15) is 17.5 Å². The monoisotopic (exact) mass is 222 g/mol. The maximum Gasteiger partial charge on any atom is 0.342 e. The number of benzene rings is 1. The van der Waals surface area contributed by atoms with Crippen molar-refractivity contribution in [2.45, 2.75) is 18.4 Å². The van der Waals surface area contributed by atoms with Gasteiger partial charge in [0.1, 0.15) is 5.75 Å². The molecule has 1 aromatic carbocycles. The molecule has 0 aliphatic heterocycles. The maximum atomic E-state index is 11.6. The van der Waals surface area contributed by atoms with E-state index in [2.05, 4.69) is 4.74 Å². The highest BCUT2D eigenvalue weighted by atomic mass is 16.5. The van der Waals surface area contributed by atoms with E-state index in [1.807, 2.05) is 12.1 Å². The van der Waals surface area contributed by atoms with E-state index < -0.39 is 11.6 Å². The minimum Gasteiger partial charge on any atom is -0.497 e. The van der Waals surface area contributed by atoms with Crippen LogP contribution < -0.4 is 4.74 Å². The van der Waals surface area contributed by atoms with Crippen LogP contribution >= 0.6 is 0 Å². The average Bonchev–Trinajstić information content (AvgIpc) is 2.67. The SMILES string of the molecule is COC(=O)C1(O)CCc2ccc(OC)cc21. The number of carbonyl (C=O) groups is 1. The Labute approximate surface area is 93.8 Å². The van der Waals surface area contributed by atoms with Gasteiger partial charge in [-0.15, -0.1) is 0 Å². The average molecular weight is 222 g/mol. The lowest BCUT2D eigenvalue weighted by Crippen LogP contribution is -2.34. The van der Waals surface area contributed by atoms with Crippen molar-refractivity contribution in [1.29, 1.82) is 0 Å². The summed E-state index contributed by atoms with van der Waals surface area (Å²) in [6.45, 7) is 0. The molecule has 0 saturated carbocycles. The molecule has 86 valence electrons. The first-order valence-electron chi connectivity index (χ1n) is 5.10. The first-order chi connectivity index (χ1) is 7.61. The molecule has 0 heterocycles. The van der Waals surface area contributed by atoms with Crippen molar-refractivity contribution in [2.75, 3.05) is 14.2 Å². The first-order valence-corrected chi connectivity index (χ1v) is 5.10. The second-order valence-corrected chi connectivity index (χ2v) is 3.87. The third-order valence-corrected chi connectivity index (χ3v) is 3.04. The Kier molecular flexibility index (Phi) is 2.59. The number of fused-ring (bicyclic) bond motifs is 1. The maximum absolute atomic E-state index is 11.6. The summed E-state index contributed by atoms with van der Waals surface area (Å²) in [6, 6.07) is 5.39. The highest BCUT2D eigenvalue weighted by Crippen LogP contribution is 2.39. The molecule has 1 atom stereocenters. The first kappa shape index (κ1) is 11.0. The number of aryl methyl sites for hydroxylation is 1. The molecule has 0 fully saturated rings. The standard InChI is InChI=1S/C12H14O4/c1-15-9-4-3-8-5-6-12(14,10(8)7-9)11(13)16-2/h3-4,7,14H,5-6H2,1-2H3. The number of aliphatic hydroxyl groups is 1. The summed E-state index contributed by atoms with van der Waals surface area (Å²) in [6.07, 6.45) is 1.03. The molecule has 1 aromatic rings. The molecule has 4 nitrogen and oxygen atoms in total. The summed E-state index contributed by atoms with van der Waals surface area (Å²) in [5, 5.41) is 10.3. The van der Waals surface area contributed by atoms with Crippen molar-refractivity contribution in [1.82, 2.24) is 0 Å². The molecule has 0 saturated heterocycles. The zero-order valence-electron chi connectivity index (χ0n) is 9.32. The van der Waals surface area contributed by atoms with Crippen molar-refractivity contribution >= 4 is 5.97 Å². The van der Waals surface area contributed by atoms with Gasteiger partial charge >= 0.3 is 5.97 Å². The summed E-state index contributed by atoms with van der Waals surface area (Å²) in [4.78, 5) is 11.6. The fourth-order valence-corrected chi connectivity index (χ4v) is 2.12. The predicted molar refractivity (Wildman–Crippen MR) is 57.2 cm³/mol. The van der Waals surface area contributed by atoms with Gasteiger partial charge in [0.25, 0.3) is 0 Å². The van der Waals surface area contributed by atoms with Gasteiger partial charge < -0.3 is 14.6 Å². The van der Waals surface area contributed by atoms with Crippen LogP contribution in [0.5, 0.6) is 5.75 Å². The van der Waals surface area contributed by atoms with Crippen molar-refractivity contribution in [3.8, 4) is 5.75 Å². The van der Waals surface area contributed by atoms with Crippen LogP contribution in [0, 0.1) is 0 Å². The minimum atomic E-state index is -1.52. The fourth-order valence-electron chi connectivity index (χ4n) is 2.12. The lowest BCUT2D eigenvalue weighted by Gasteiger charge is -2.20. The van der Waals surface area contributed by atoms with Gasteiger partial charge in [-0.1, -0.05) is 6.07 Å². The Morgan fingerprint density at radius 2 is 2.19 bits per heavy atom. The van der Waals surface area contributed by atoms with Gasteiger partial charge in [0.2, 0.25) is 0 Å². The van der Waals surface area contributed by atoms with E-state index in [0.29, 0.717) is 24.2 Å². The lowest BCUT2D eigenvalue weighted by atomic mass is 9.96. The van der Waals surface area contributed by atoms with E-state index >= 15 is 0 Å². The summed E-state index contributed by atoms with van der Waals surface area (Å²) < 4.78 is 9.72. The zero-order chi connectivity index (χ0) is 11.8. The van der Waals surface area contributed by atoms with Gasteiger partial charge in [0.05, 0.1) is 14.2 Å². The molecule has 1 aliphatic carbocycles. The van der Waals surface area contributed by atoms with Crippen molar-refractivity contribution in [3.63, 3.8) is 0 Å². The van der Waals surface area contributed by atoms with Crippen LogP contribution in [-0.2, 0) is 21.6 Å². The number of hydrogen-bond acceptors (Lipinski definition) is 4. The molecular formula is C12H14O4. The molecule has 0 bridgehead atoms. The summed E-state index contributed by atoms with van der Waals surface area (Å²) in [5.74, 6) is 0.0162. The van der Waals surface area contributed by atoms with Crippen LogP contribution in [-0.4, -0.2) is 25.3 Å². The number of methoxy groups -OCH3 is 2. The van der Waals surface area contributed by atoms with Crippen molar-refractivity contribution < 1.29 is 19.4 Å². The molecular weight excluding hydrogens is 208 g/mol. The van der Waals surface area contributed by atoms with Gasteiger partial charge in [-0.05, 0) is 30.5 Å². The van der Waals surface area contributed by atoms with Crippen LogP contribution in [0.2, 0.25) is 0 Å². The van der Waals surface area contributed by atoms with Gasteiger partial charge in [0, 0.05) is 5.56 Å². The van der Waals surface area contributed by atoms with Gasteiger partial charge in [0.15, 0.2) is 5.60 Å². The highest BCUT2D eigenvalue weighted by Gasteiger charge is 2.44. The Balaban J connectivity index is 2.48. The normalized spacial score (nSPS) is 22.7. The quantitative estimate of drug-likeness (QED) is 0.758. The Bertz CT molecular complexity index is 427. The Hall–Kier alpha value is -1.55. The van der Waals surface area contributed by atoms with Crippen molar-refractivity contribution in [2.24, 2.45) is 0 Å². The fraction of sp³-hybridized carbons (Fsp3) is 0.417. The summed E-state index contributed by atoms with van der Waals surface area (Å²) in [5.41, 5.74) is 0.0472. The Morgan fingerprint density at radius 1 is 1.44 bits per heavy atom. The third-order valence-electron chi connectivity index (χ3n) is 3.04. The van der Waals surface area contributed by atoms with Crippen LogP contribution in [0.3, 0.4) is 0 Å². The number of hydrogen-bond donors (Lipinski definition) is 1. The van der Waals surface area contributed by atoms with Crippen LogP contribution in [0.15, 0.2) is 18.2 Å². The molecule has 1 N–H and O–H groups in total. The Morgan fingerprint density at radius 3 is 2.81 bits per heavy atom. The summed E-state index contributed by atoms with van der Waals surface area (Å²) >= 11 is 0. The molecule has 0 radical (unpaired) electrons. The van der Waals surface area contributed by atoms with E-state index in [1.165, 1.54) is 7.11 Å². The number of ether oxygens (including phenoxy) is 2. The van der Waals surface area contributed by atoms with E-state index in [0.717, 1.165) is 5.56 Å². The zero-order valence-corrected chi connectivity index (χ0v) is 9.32. The highest BCUT2D eigenvalue weighted by molar-refractivity contribution is 5.82. The van der Waals surface area contributed by atoms with Gasteiger partial charge in [-0.25, -0.2) is 4.79 Å². The molecule has 16 heavy (non-hydrogen) atoms. The minimum absolute atomic E-state index is 0.363. The third kappa shape index (κ3) is 1.46. The topological polar surface area (TPSA) is 55.8 Å². The number of carbonyl (C=O) groups excluding carboxylic acids is 1. The largest absolute Gasteiger partial charge is 0.497 e. The number of esters is 1. The lowest BCUT2D eigenvalue weighted by molar-refractivity contribution is -0.163. The van der Waals surface area contributed by atoms with E-state index in [4.69, 9.17) is 4.74 Å². The van der Waals surface area contributed by atoms with Gasteiger partial charge in [-0.3, -0.25) is 0 Å². The predicted octanol–water partition coefficient (Wildman–Crippen LogP) is 1.00. The molecule has 0 aromatic heterocycles. The molecule has 1 aliphatic rings. The van der Waals surface area contributed by atoms with E-state index in [1.54, 1.807) is 13.2 Å². The van der Waals surface area contributed by atoms with E-state index in [-0.39, 0.29) is 0 Å². The molecule has 2 rings (SSSR count). The molecule has 4 heteroatoms. The second-order valence-electron chi connectivity index (χ2n) is 3.87. The second kappa shape index (κ2) is 3.79. The number of rotatable bonds is 2. The smallest absolute Gasteiger partial charge is 0.342 e.